The first-order valence-electron chi connectivity index (χ1n) is 10.1. The Morgan fingerprint density at radius 3 is 2.69 bits per heavy atom. The fourth-order valence-corrected chi connectivity index (χ4v) is 4.79. The zero-order valence-corrected chi connectivity index (χ0v) is 18.2. The molecule has 1 atom stereocenters. The predicted molar refractivity (Wildman–Crippen MR) is 117 cm³/mol. The number of aromatic nitrogens is 1. The van der Waals surface area contributed by atoms with Crippen LogP contribution in [0.4, 0.5) is 10.1 Å². The van der Waals surface area contributed by atoms with Crippen LogP contribution >= 0.6 is 0 Å². The topological polar surface area (TPSA) is 97.4 Å². The van der Waals surface area contributed by atoms with Gasteiger partial charge in [0.25, 0.3) is 0 Å². The quantitative estimate of drug-likeness (QED) is 0.566. The lowest BCUT2D eigenvalue weighted by Gasteiger charge is -2.20. The molecule has 4 rings (SSSR count). The molecule has 0 aliphatic carbocycles. The molecule has 1 aliphatic heterocycles. The van der Waals surface area contributed by atoms with Gasteiger partial charge in [0.2, 0.25) is 15.9 Å². The molecule has 0 saturated carbocycles. The van der Waals surface area contributed by atoms with Crippen LogP contribution in [0, 0.1) is 5.82 Å². The van der Waals surface area contributed by atoms with Gasteiger partial charge in [-0.1, -0.05) is 18.2 Å². The largest absolute Gasteiger partial charge is 0.489 e. The summed E-state index contributed by atoms with van der Waals surface area (Å²) < 4.78 is 48.5. The van der Waals surface area contributed by atoms with E-state index in [1.807, 2.05) is 12.1 Å². The van der Waals surface area contributed by atoms with E-state index in [-0.39, 0.29) is 12.3 Å². The molecular formula is C23H22FN3O4S. The highest BCUT2D eigenvalue weighted by Crippen LogP contribution is 2.29. The summed E-state index contributed by atoms with van der Waals surface area (Å²) in [5, 5.41) is 2.56. The van der Waals surface area contributed by atoms with E-state index >= 15 is 0 Å². The molecule has 0 spiro atoms. The van der Waals surface area contributed by atoms with Gasteiger partial charge in [0.15, 0.2) is 0 Å². The number of nitrogens with one attached hydrogen (secondary N) is 2. The minimum absolute atomic E-state index is 0.216. The second-order valence-corrected chi connectivity index (χ2v) is 9.23. The number of carbonyl (C=O) groups excluding carboxylic acids is 1. The van der Waals surface area contributed by atoms with Gasteiger partial charge in [0, 0.05) is 36.1 Å². The summed E-state index contributed by atoms with van der Waals surface area (Å²) in [4.78, 5) is 15.1. The fraction of sp³-hybridized carbons (Fsp3) is 0.217. The van der Waals surface area contributed by atoms with Crippen molar-refractivity contribution in [3.63, 3.8) is 0 Å². The second-order valence-electron chi connectivity index (χ2n) is 7.55. The van der Waals surface area contributed by atoms with E-state index in [4.69, 9.17) is 4.74 Å². The number of hydrogen-bond donors (Lipinski definition) is 2. The molecule has 0 saturated heterocycles. The number of anilines is 1. The highest BCUT2D eigenvalue weighted by Gasteiger charge is 2.26. The normalized spacial score (nSPS) is 14.4. The summed E-state index contributed by atoms with van der Waals surface area (Å²) in [7, 11) is -4.12. The second kappa shape index (κ2) is 9.05. The van der Waals surface area contributed by atoms with Gasteiger partial charge in [-0.2, -0.15) is 0 Å². The van der Waals surface area contributed by atoms with E-state index in [9.17, 15) is 17.6 Å². The monoisotopic (exact) mass is 455 g/mol. The zero-order chi connectivity index (χ0) is 22.7. The van der Waals surface area contributed by atoms with Crippen molar-refractivity contribution in [3.05, 3.63) is 83.4 Å². The summed E-state index contributed by atoms with van der Waals surface area (Å²) in [6.07, 6.45) is 4.00. The smallest absolute Gasteiger partial charge is 0.244 e. The van der Waals surface area contributed by atoms with Gasteiger partial charge in [-0.25, -0.2) is 17.5 Å². The summed E-state index contributed by atoms with van der Waals surface area (Å²) in [5.41, 5.74) is 2.54. The molecule has 0 radical (unpaired) electrons. The number of benzene rings is 2. The van der Waals surface area contributed by atoms with Crippen molar-refractivity contribution in [2.45, 2.75) is 37.3 Å². The number of sulfonamides is 1. The highest BCUT2D eigenvalue weighted by molar-refractivity contribution is 7.89. The van der Waals surface area contributed by atoms with Gasteiger partial charge in [0.1, 0.15) is 23.1 Å². The van der Waals surface area contributed by atoms with E-state index in [2.05, 4.69) is 15.0 Å². The van der Waals surface area contributed by atoms with Crippen molar-refractivity contribution >= 4 is 21.6 Å². The van der Waals surface area contributed by atoms with Crippen LogP contribution in [0.15, 0.2) is 65.8 Å². The molecule has 1 aromatic heterocycles. The molecule has 166 valence electrons. The number of aryl methyl sites for hydroxylation is 1. The SMILES string of the molecule is CC(NS(=O)(=O)c1cc2c(cc1F)NC(=O)CC2)c1ccc(OCc2cccnc2)cc1. The van der Waals surface area contributed by atoms with Crippen molar-refractivity contribution in [1.29, 1.82) is 0 Å². The van der Waals surface area contributed by atoms with Crippen LogP contribution in [0.2, 0.25) is 0 Å². The number of amides is 1. The van der Waals surface area contributed by atoms with Crippen molar-refractivity contribution < 1.29 is 22.3 Å². The lowest BCUT2D eigenvalue weighted by molar-refractivity contribution is -0.116. The molecule has 2 aromatic carbocycles. The van der Waals surface area contributed by atoms with E-state index in [1.54, 1.807) is 43.6 Å². The summed E-state index contributed by atoms with van der Waals surface area (Å²) in [6.45, 7) is 2.05. The predicted octanol–water partition coefficient (Wildman–Crippen LogP) is 3.72. The van der Waals surface area contributed by atoms with Crippen LogP contribution in [-0.2, 0) is 27.8 Å². The minimum Gasteiger partial charge on any atom is -0.489 e. The fourth-order valence-electron chi connectivity index (χ4n) is 3.45. The Labute approximate surface area is 185 Å². The van der Waals surface area contributed by atoms with Crippen molar-refractivity contribution in [3.8, 4) is 5.75 Å². The summed E-state index contributed by atoms with van der Waals surface area (Å²) >= 11 is 0. The van der Waals surface area contributed by atoms with Gasteiger partial charge in [0.05, 0.1) is 0 Å². The molecule has 1 unspecified atom stereocenters. The van der Waals surface area contributed by atoms with Gasteiger partial charge >= 0.3 is 0 Å². The number of rotatable bonds is 7. The summed E-state index contributed by atoms with van der Waals surface area (Å²) in [5.74, 6) is -0.493. The lowest BCUT2D eigenvalue weighted by Crippen LogP contribution is -2.28. The van der Waals surface area contributed by atoms with Crippen LogP contribution in [0.5, 0.6) is 5.75 Å². The van der Waals surface area contributed by atoms with Gasteiger partial charge in [-0.3, -0.25) is 9.78 Å². The molecule has 32 heavy (non-hydrogen) atoms. The minimum atomic E-state index is -4.12. The molecule has 1 amide bonds. The van der Waals surface area contributed by atoms with Crippen LogP contribution in [-0.4, -0.2) is 19.3 Å². The first kappa shape index (κ1) is 21.9. The van der Waals surface area contributed by atoms with E-state index < -0.39 is 26.8 Å². The van der Waals surface area contributed by atoms with Gasteiger partial charge in [-0.15, -0.1) is 0 Å². The molecular weight excluding hydrogens is 433 g/mol. The Balaban J connectivity index is 1.45. The third-order valence-corrected chi connectivity index (χ3v) is 6.74. The lowest BCUT2D eigenvalue weighted by atomic mass is 10.0. The molecule has 2 heterocycles. The molecule has 0 bridgehead atoms. The number of fused-ring (bicyclic) bond motifs is 1. The number of carbonyl (C=O) groups is 1. The van der Waals surface area contributed by atoms with E-state index in [0.717, 1.165) is 11.6 Å². The van der Waals surface area contributed by atoms with Gasteiger partial charge < -0.3 is 10.1 Å². The first-order chi connectivity index (χ1) is 15.3. The molecule has 9 heteroatoms. The molecule has 0 fully saturated rings. The Morgan fingerprint density at radius 1 is 1.19 bits per heavy atom. The molecule has 1 aliphatic rings. The Morgan fingerprint density at radius 2 is 1.97 bits per heavy atom. The summed E-state index contributed by atoms with van der Waals surface area (Å²) in [6, 6.07) is 12.5. The van der Waals surface area contributed by atoms with Crippen LogP contribution in [0.1, 0.15) is 36.1 Å². The number of halogens is 1. The standard InChI is InChI=1S/C23H22FN3O4S/c1-15(17-4-7-19(8-5-17)31-14-16-3-2-10-25-13-16)27-32(29,30)22-11-18-6-9-23(28)26-21(18)12-20(22)24/h2-5,7-8,10-13,15,27H,6,9,14H2,1H3,(H,26,28). The number of nitrogens with zero attached hydrogens (tertiary/aromatic N) is 1. The average Bonchev–Trinajstić information content (AvgIpc) is 2.77. The molecule has 3 aromatic rings. The maximum Gasteiger partial charge on any atom is 0.244 e. The van der Waals surface area contributed by atoms with Crippen molar-refractivity contribution in [2.75, 3.05) is 5.32 Å². The average molecular weight is 456 g/mol. The van der Waals surface area contributed by atoms with Gasteiger partial charge in [-0.05, 0) is 54.8 Å². The maximum atomic E-state index is 14.5. The Hall–Kier alpha value is -3.30. The maximum absolute atomic E-state index is 14.5. The third kappa shape index (κ3) is 4.95. The number of hydrogen-bond acceptors (Lipinski definition) is 5. The third-order valence-electron chi connectivity index (χ3n) is 5.18. The Kier molecular flexibility index (Phi) is 6.20. The Bertz CT molecular complexity index is 1230. The van der Waals surface area contributed by atoms with Crippen LogP contribution in [0.25, 0.3) is 0 Å². The molecule has 2 N–H and O–H groups in total. The zero-order valence-electron chi connectivity index (χ0n) is 17.3. The first-order valence-corrected chi connectivity index (χ1v) is 11.6. The molecule has 7 nitrogen and oxygen atoms in total. The van der Waals surface area contributed by atoms with Crippen molar-refractivity contribution in [1.82, 2.24) is 9.71 Å². The number of ether oxygens (including phenoxy) is 1. The highest BCUT2D eigenvalue weighted by atomic mass is 32.2. The van der Waals surface area contributed by atoms with Crippen LogP contribution < -0.4 is 14.8 Å². The van der Waals surface area contributed by atoms with Crippen LogP contribution in [0.3, 0.4) is 0 Å². The van der Waals surface area contributed by atoms with E-state index in [1.165, 1.54) is 6.07 Å². The van der Waals surface area contributed by atoms with Crippen molar-refractivity contribution in [2.24, 2.45) is 0 Å². The number of pyridine rings is 1. The van der Waals surface area contributed by atoms with E-state index in [0.29, 0.717) is 35.6 Å².